The van der Waals surface area contributed by atoms with Gasteiger partial charge in [-0.2, -0.15) is 0 Å². The fourth-order valence-corrected chi connectivity index (χ4v) is 4.29. The smallest absolute Gasteiger partial charge is 0.454 e. The Balaban J connectivity index is 1.43. The molecule has 134 valence electrons. The summed E-state index contributed by atoms with van der Waals surface area (Å²) < 4.78 is 37.3. The van der Waals surface area contributed by atoms with Gasteiger partial charge in [0.05, 0.1) is 0 Å². The number of halogens is 3. The first-order valence-corrected chi connectivity index (χ1v) is 10.3. The first-order chi connectivity index (χ1) is 12.1. The minimum absolute atomic E-state index is 0.184. The van der Waals surface area contributed by atoms with E-state index in [0.29, 0.717) is 23.6 Å². The molecular formula is C17H15BrFINO4-. The Hall–Kier alpha value is -1.26. The van der Waals surface area contributed by atoms with Gasteiger partial charge in [0, 0.05) is 0 Å². The molecule has 0 bridgehead atoms. The Morgan fingerprint density at radius 3 is 2.72 bits per heavy atom. The molecule has 0 saturated carbocycles. The molecule has 0 fully saturated rings. The summed E-state index contributed by atoms with van der Waals surface area (Å²) in [5, 5.41) is 3.23. The van der Waals surface area contributed by atoms with E-state index in [9.17, 15) is 4.39 Å². The maximum atomic E-state index is 14.8. The van der Waals surface area contributed by atoms with E-state index < -0.39 is 28.2 Å². The number of hydrogen-bond acceptors (Lipinski definition) is 5. The zero-order chi connectivity index (χ0) is 17.4. The van der Waals surface area contributed by atoms with Gasteiger partial charge in [-0.25, -0.2) is 0 Å². The van der Waals surface area contributed by atoms with Gasteiger partial charge in [-0.05, 0) is 0 Å². The fraction of sp³-hybridized carbons (Fsp3) is 0.294. The molecule has 0 amide bonds. The summed E-state index contributed by atoms with van der Waals surface area (Å²) in [5.74, 6) is 2.77. The van der Waals surface area contributed by atoms with Crippen molar-refractivity contribution in [3.8, 4) is 23.0 Å². The van der Waals surface area contributed by atoms with Crippen molar-refractivity contribution >= 4 is 15.9 Å². The van der Waals surface area contributed by atoms with Crippen LogP contribution in [0.15, 0.2) is 34.8 Å². The van der Waals surface area contributed by atoms with Gasteiger partial charge in [0.2, 0.25) is 6.79 Å². The standard InChI is InChI=1S/C17H15BrFINO4/c1-9(17(19)10-2-3-13-14(4-10)23-8-22-13)21-7-11-5-15-16(6-12(11)18)25-20-24-15/h2-6,9,17,21H,7-8H2,1H3/q-1. The van der Waals surface area contributed by atoms with E-state index in [0.717, 1.165) is 21.5 Å². The predicted octanol–water partition coefficient (Wildman–Crippen LogP) is 1.06. The van der Waals surface area contributed by atoms with Gasteiger partial charge >= 0.3 is 153 Å². The van der Waals surface area contributed by atoms with Crippen molar-refractivity contribution < 1.29 is 42.0 Å². The summed E-state index contributed by atoms with van der Waals surface area (Å²) in [6.45, 7) is 2.52. The average Bonchev–Trinajstić information content (AvgIpc) is 3.26. The second kappa shape index (κ2) is 7.16. The maximum absolute atomic E-state index is 14.8. The first kappa shape index (κ1) is 17.2. The minimum Gasteiger partial charge on any atom is -0.454 e. The third-order valence-electron chi connectivity index (χ3n) is 4.11. The summed E-state index contributed by atoms with van der Waals surface area (Å²) in [7, 11) is 0. The van der Waals surface area contributed by atoms with Crippen LogP contribution in [0.4, 0.5) is 4.39 Å². The van der Waals surface area contributed by atoms with Crippen LogP contribution < -0.4 is 43.0 Å². The normalized spacial score (nSPS) is 17.1. The van der Waals surface area contributed by atoms with Gasteiger partial charge in [0.15, 0.2) is 0 Å². The minimum atomic E-state index is -1.16. The zero-order valence-corrected chi connectivity index (χ0v) is 17.0. The van der Waals surface area contributed by atoms with Gasteiger partial charge < -0.3 is 4.74 Å². The Morgan fingerprint density at radius 1 is 1.12 bits per heavy atom. The van der Waals surface area contributed by atoms with Crippen LogP contribution in [0.2, 0.25) is 0 Å². The van der Waals surface area contributed by atoms with Crippen LogP contribution in [0.5, 0.6) is 23.0 Å². The molecule has 25 heavy (non-hydrogen) atoms. The Kier molecular flexibility index (Phi) is 4.92. The third-order valence-corrected chi connectivity index (χ3v) is 6.16. The van der Waals surface area contributed by atoms with Crippen molar-refractivity contribution in [3.05, 3.63) is 45.9 Å². The molecule has 2 aromatic carbocycles. The second-order valence-corrected chi connectivity index (χ2v) is 7.89. The van der Waals surface area contributed by atoms with Crippen molar-refractivity contribution in [3.63, 3.8) is 0 Å². The predicted molar refractivity (Wildman–Crippen MR) is 88.1 cm³/mol. The number of alkyl halides is 1. The van der Waals surface area contributed by atoms with E-state index in [2.05, 4.69) is 21.2 Å². The van der Waals surface area contributed by atoms with E-state index >= 15 is 0 Å². The van der Waals surface area contributed by atoms with Gasteiger partial charge in [0.1, 0.15) is 0 Å². The van der Waals surface area contributed by atoms with Gasteiger partial charge in [0.25, 0.3) is 0 Å². The molecule has 1 N–H and O–H groups in total. The first-order valence-electron chi connectivity index (χ1n) is 7.70. The Bertz CT molecular complexity index is 806. The summed E-state index contributed by atoms with van der Waals surface area (Å²) in [6.07, 6.45) is -1.16. The fourth-order valence-electron chi connectivity index (χ4n) is 2.66. The van der Waals surface area contributed by atoms with Crippen LogP contribution in [0.25, 0.3) is 0 Å². The molecule has 0 aliphatic carbocycles. The molecule has 2 aromatic rings. The topological polar surface area (TPSA) is 49.0 Å². The quantitative estimate of drug-likeness (QED) is 0.595. The number of nitrogens with one attached hydrogen (secondary N) is 1. The number of ether oxygens (including phenoxy) is 2. The van der Waals surface area contributed by atoms with E-state index in [1.807, 2.05) is 19.1 Å². The zero-order valence-electron chi connectivity index (χ0n) is 13.2. The molecule has 2 heterocycles. The summed E-state index contributed by atoms with van der Waals surface area (Å²) in [5.41, 5.74) is 1.57. The van der Waals surface area contributed by atoms with Crippen molar-refractivity contribution in [2.24, 2.45) is 0 Å². The van der Waals surface area contributed by atoms with E-state index in [-0.39, 0.29) is 12.8 Å². The van der Waals surface area contributed by atoms with Crippen molar-refractivity contribution in [2.45, 2.75) is 25.7 Å². The SMILES string of the molecule is CC(NCc1cc2c(cc1Br)O[I-]O2)C(F)c1ccc2c(c1)OCO2. The molecule has 2 aliphatic heterocycles. The van der Waals surface area contributed by atoms with Crippen molar-refractivity contribution in [1.82, 2.24) is 5.32 Å². The molecule has 5 nitrogen and oxygen atoms in total. The number of rotatable bonds is 5. The van der Waals surface area contributed by atoms with Crippen LogP contribution in [-0.2, 0) is 6.54 Å². The van der Waals surface area contributed by atoms with Gasteiger partial charge in [-0.3, -0.25) is 0 Å². The van der Waals surface area contributed by atoms with Gasteiger partial charge in [-0.15, -0.1) is 0 Å². The van der Waals surface area contributed by atoms with Crippen molar-refractivity contribution in [1.29, 1.82) is 0 Å². The average molecular weight is 523 g/mol. The molecular weight excluding hydrogens is 508 g/mol. The molecule has 2 aliphatic rings. The van der Waals surface area contributed by atoms with E-state index in [4.69, 9.17) is 15.6 Å². The third kappa shape index (κ3) is 3.52. The van der Waals surface area contributed by atoms with Crippen molar-refractivity contribution in [2.75, 3.05) is 6.79 Å². The Morgan fingerprint density at radius 2 is 1.88 bits per heavy atom. The molecule has 4 rings (SSSR count). The van der Waals surface area contributed by atoms with Crippen LogP contribution in [0, 0.1) is 0 Å². The molecule has 2 unspecified atom stereocenters. The number of benzene rings is 2. The number of fused-ring (bicyclic) bond motifs is 2. The van der Waals surface area contributed by atoms with Gasteiger partial charge in [-0.1, -0.05) is 0 Å². The summed E-state index contributed by atoms with van der Waals surface area (Å²) >= 11 is 2.83. The molecule has 0 radical (unpaired) electrons. The van der Waals surface area contributed by atoms with Crippen LogP contribution in [-0.4, -0.2) is 12.8 Å². The Labute approximate surface area is 164 Å². The second-order valence-electron chi connectivity index (χ2n) is 5.79. The van der Waals surface area contributed by atoms with Crippen LogP contribution in [0.3, 0.4) is 0 Å². The summed E-state index contributed by atoms with van der Waals surface area (Å²) in [4.78, 5) is 0. The number of hydrogen-bond donors (Lipinski definition) is 1. The molecule has 0 spiro atoms. The van der Waals surface area contributed by atoms with E-state index in [1.165, 1.54) is 0 Å². The van der Waals surface area contributed by atoms with E-state index in [1.54, 1.807) is 18.2 Å². The molecule has 2 atom stereocenters. The van der Waals surface area contributed by atoms with Crippen LogP contribution >= 0.6 is 15.9 Å². The molecule has 0 aromatic heterocycles. The van der Waals surface area contributed by atoms with Crippen LogP contribution in [0.1, 0.15) is 24.2 Å². The molecule has 8 heteroatoms. The molecule has 0 saturated heterocycles. The summed E-state index contributed by atoms with van der Waals surface area (Å²) in [6, 6.07) is 8.63. The monoisotopic (exact) mass is 522 g/mol.